The third kappa shape index (κ3) is 2.51. The zero-order valence-electron chi connectivity index (χ0n) is 10.4. The monoisotopic (exact) mass is 236 g/mol. The van der Waals surface area contributed by atoms with E-state index in [2.05, 4.69) is 6.58 Å². The van der Waals surface area contributed by atoms with Gasteiger partial charge in [0.1, 0.15) is 0 Å². The van der Waals surface area contributed by atoms with Gasteiger partial charge in [0, 0.05) is 25.7 Å². The van der Waals surface area contributed by atoms with Crippen molar-refractivity contribution in [2.75, 3.05) is 19.6 Å². The number of carbonyl (C=O) groups is 2. The van der Waals surface area contributed by atoms with Crippen molar-refractivity contribution in [3.05, 3.63) is 12.2 Å². The molecule has 2 rings (SSSR count). The molecule has 2 aliphatic rings. The Bertz CT molecular complexity index is 345. The average molecular weight is 236 g/mol. The molecule has 17 heavy (non-hydrogen) atoms. The first-order chi connectivity index (χ1) is 8.09. The van der Waals surface area contributed by atoms with Crippen LogP contribution in [0, 0.1) is 0 Å². The van der Waals surface area contributed by atoms with E-state index in [0.29, 0.717) is 25.7 Å². The lowest BCUT2D eigenvalue weighted by atomic mass is 10.1. The summed E-state index contributed by atoms with van der Waals surface area (Å²) >= 11 is 0. The van der Waals surface area contributed by atoms with E-state index in [9.17, 15) is 9.59 Å². The topological polar surface area (TPSA) is 40.6 Å². The quantitative estimate of drug-likeness (QED) is 0.545. The maximum atomic E-state index is 12.0. The van der Waals surface area contributed by atoms with E-state index in [0.717, 1.165) is 18.4 Å². The molecule has 1 saturated carbocycles. The molecule has 0 unspecified atom stereocenters. The first-order valence-electron chi connectivity index (χ1n) is 6.34. The van der Waals surface area contributed by atoms with E-state index in [1.807, 2.05) is 6.92 Å². The first kappa shape index (κ1) is 12.1. The minimum Gasteiger partial charge on any atom is -0.330 e. The number of amides is 2. The lowest BCUT2D eigenvalue weighted by Gasteiger charge is -2.37. The Morgan fingerprint density at radius 3 is 2.47 bits per heavy atom. The molecule has 1 heterocycles. The Morgan fingerprint density at radius 1 is 1.24 bits per heavy atom. The van der Waals surface area contributed by atoms with Crippen LogP contribution in [0.1, 0.15) is 32.6 Å². The summed E-state index contributed by atoms with van der Waals surface area (Å²) in [7, 11) is 0. The third-order valence-corrected chi connectivity index (χ3v) is 3.57. The Balaban J connectivity index is 2.00. The number of carbonyl (C=O) groups excluding carboxylic acids is 2. The number of hydrogen-bond donors (Lipinski definition) is 0. The van der Waals surface area contributed by atoms with E-state index in [4.69, 9.17) is 0 Å². The van der Waals surface area contributed by atoms with Crippen LogP contribution in [0.15, 0.2) is 12.2 Å². The zero-order chi connectivity index (χ0) is 12.4. The molecular weight excluding hydrogens is 216 g/mol. The summed E-state index contributed by atoms with van der Waals surface area (Å²) in [4.78, 5) is 27.3. The predicted molar refractivity (Wildman–Crippen MR) is 65.4 cm³/mol. The normalized spacial score (nSPS) is 22.4. The van der Waals surface area contributed by atoms with Gasteiger partial charge in [-0.2, -0.15) is 0 Å². The van der Waals surface area contributed by atoms with Crippen molar-refractivity contribution in [2.45, 2.75) is 38.6 Å². The molecule has 0 bridgehead atoms. The highest BCUT2D eigenvalue weighted by atomic mass is 16.2. The summed E-state index contributed by atoms with van der Waals surface area (Å²) in [6.07, 6.45) is 4.47. The smallest absolute Gasteiger partial charge is 0.312 e. The van der Waals surface area contributed by atoms with Crippen LogP contribution in [0.5, 0.6) is 0 Å². The standard InChI is InChI=1S/C13H20N2O2/c1-10(2)9-14-7-8-15(13(17)12(14)16)11-5-3-4-6-11/h11H,1,3-9H2,2H3. The fourth-order valence-electron chi connectivity index (χ4n) is 2.73. The van der Waals surface area contributed by atoms with Gasteiger partial charge in [0.2, 0.25) is 0 Å². The van der Waals surface area contributed by atoms with Crippen LogP contribution in [0.4, 0.5) is 0 Å². The van der Waals surface area contributed by atoms with Crippen LogP contribution in [-0.2, 0) is 9.59 Å². The highest BCUT2D eigenvalue weighted by molar-refractivity contribution is 6.35. The van der Waals surface area contributed by atoms with Crippen LogP contribution in [0.3, 0.4) is 0 Å². The molecule has 4 nitrogen and oxygen atoms in total. The van der Waals surface area contributed by atoms with E-state index in [1.165, 1.54) is 12.8 Å². The highest BCUT2D eigenvalue weighted by Gasteiger charge is 2.36. The molecule has 4 heteroatoms. The second-order valence-corrected chi connectivity index (χ2v) is 5.12. The molecular formula is C13H20N2O2. The van der Waals surface area contributed by atoms with Gasteiger partial charge >= 0.3 is 11.8 Å². The average Bonchev–Trinajstić information content (AvgIpc) is 2.78. The number of rotatable bonds is 3. The summed E-state index contributed by atoms with van der Waals surface area (Å²) < 4.78 is 0. The maximum absolute atomic E-state index is 12.0. The predicted octanol–water partition coefficient (Wildman–Crippen LogP) is 1.18. The zero-order valence-corrected chi connectivity index (χ0v) is 10.4. The van der Waals surface area contributed by atoms with Crippen molar-refractivity contribution >= 4 is 11.8 Å². The van der Waals surface area contributed by atoms with Gasteiger partial charge in [0.15, 0.2) is 0 Å². The number of hydrogen-bond acceptors (Lipinski definition) is 2. The van der Waals surface area contributed by atoms with Gasteiger partial charge in [-0.1, -0.05) is 25.0 Å². The van der Waals surface area contributed by atoms with Gasteiger partial charge in [-0.3, -0.25) is 9.59 Å². The third-order valence-electron chi connectivity index (χ3n) is 3.57. The van der Waals surface area contributed by atoms with Crippen LogP contribution in [-0.4, -0.2) is 47.3 Å². The van der Waals surface area contributed by atoms with Gasteiger partial charge in [0.25, 0.3) is 0 Å². The van der Waals surface area contributed by atoms with Crippen molar-refractivity contribution in [2.24, 2.45) is 0 Å². The fraction of sp³-hybridized carbons (Fsp3) is 0.692. The molecule has 1 aliphatic carbocycles. The Morgan fingerprint density at radius 2 is 1.88 bits per heavy atom. The van der Waals surface area contributed by atoms with Gasteiger partial charge in [0.05, 0.1) is 0 Å². The lowest BCUT2D eigenvalue weighted by molar-refractivity contribution is -0.157. The molecule has 1 aliphatic heterocycles. The summed E-state index contributed by atoms with van der Waals surface area (Å²) in [5.41, 5.74) is 0.917. The molecule has 0 N–H and O–H groups in total. The molecule has 2 amide bonds. The molecule has 94 valence electrons. The van der Waals surface area contributed by atoms with Gasteiger partial charge in [-0.15, -0.1) is 0 Å². The number of nitrogens with zero attached hydrogens (tertiary/aromatic N) is 2. The van der Waals surface area contributed by atoms with Crippen LogP contribution >= 0.6 is 0 Å². The second-order valence-electron chi connectivity index (χ2n) is 5.12. The minimum absolute atomic E-state index is 0.304. The van der Waals surface area contributed by atoms with Crippen molar-refractivity contribution < 1.29 is 9.59 Å². The highest BCUT2D eigenvalue weighted by Crippen LogP contribution is 2.25. The van der Waals surface area contributed by atoms with Crippen LogP contribution in [0.2, 0.25) is 0 Å². The Hall–Kier alpha value is -1.32. The maximum Gasteiger partial charge on any atom is 0.312 e. The Kier molecular flexibility index (Phi) is 3.50. The van der Waals surface area contributed by atoms with Crippen molar-refractivity contribution in [3.8, 4) is 0 Å². The second kappa shape index (κ2) is 4.90. The molecule has 2 fully saturated rings. The molecule has 0 atom stereocenters. The Labute approximate surface area is 102 Å². The van der Waals surface area contributed by atoms with Gasteiger partial charge in [-0.25, -0.2) is 0 Å². The van der Waals surface area contributed by atoms with Gasteiger partial charge < -0.3 is 9.80 Å². The first-order valence-corrected chi connectivity index (χ1v) is 6.34. The molecule has 0 radical (unpaired) electrons. The summed E-state index contributed by atoms with van der Waals surface area (Å²) in [5, 5.41) is 0. The van der Waals surface area contributed by atoms with Crippen LogP contribution in [0.25, 0.3) is 0 Å². The minimum atomic E-state index is -0.355. The molecule has 0 aromatic heterocycles. The largest absolute Gasteiger partial charge is 0.330 e. The summed E-state index contributed by atoms with van der Waals surface area (Å²) in [6.45, 7) is 7.50. The van der Waals surface area contributed by atoms with E-state index >= 15 is 0 Å². The van der Waals surface area contributed by atoms with E-state index in [1.54, 1.807) is 9.80 Å². The number of piperazine rings is 1. The van der Waals surface area contributed by atoms with Crippen LogP contribution < -0.4 is 0 Å². The molecule has 0 aromatic carbocycles. The summed E-state index contributed by atoms with van der Waals surface area (Å²) in [5.74, 6) is -0.671. The fourth-order valence-corrected chi connectivity index (χ4v) is 2.73. The van der Waals surface area contributed by atoms with Crippen molar-refractivity contribution in [1.82, 2.24) is 9.80 Å². The summed E-state index contributed by atoms with van der Waals surface area (Å²) in [6, 6.07) is 0.304. The lowest BCUT2D eigenvalue weighted by Crippen LogP contribution is -2.57. The van der Waals surface area contributed by atoms with E-state index < -0.39 is 0 Å². The molecule has 0 aromatic rings. The molecule has 1 saturated heterocycles. The van der Waals surface area contributed by atoms with E-state index in [-0.39, 0.29) is 11.8 Å². The van der Waals surface area contributed by atoms with Crippen molar-refractivity contribution in [3.63, 3.8) is 0 Å². The SMILES string of the molecule is C=C(C)CN1CCN(C2CCCC2)C(=O)C1=O. The van der Waals surface area contributed by atoms with Gasteiger partial charge in [-0.05, 0) is 19.8 Å². The van der Waals surface area contributed by atoms with Crippen molar-refractivity contribution in [1.29, 1.82) is 0 Å². The molecule has 0 spiro atoms.